The molecule has 286 valence electrons. The molecular weight excluding hydrogens is 624 g/mol. The molecule has 1 fully saturated rings. The third kappa shape index (κ3) is 30.4. The lowest BCUT2D eigenvalue weighted by atomic mass is 10.0. The highest BCUT2D eigenvalue weighted by molar-refractivity contribution is 5.70. The zero-order chi connectivity index (χ0) is 36.2. The van der Waals surface area contributed by atoms with Crippen LogP contribution in [0.1, 0.15) is 174 Å². The molecule has 3 atom stereocenters. The molecule has 1 heterocycles. The van der Waals surface area contributed by atoms with E-state index in [9.17, 15) is 14.7 Å². The van der Waals surface area contributed by atoms with E-state index in [1.165, 1.54) is 83.5 Å². The van der Waals surface area contributed by atoms with Gasteiger partial charge in [-0.3, -0.25) is 9.59 Å². The summed E-state index contributed by atoms with van der Waals surface area (Å²) < 4.78 is 16.2. The van der Waals surface area contributed by atoms with Crippen molar-refractivity contribution in [2.45, 2.75) is 193 Å². The van der Waals surface area contributed by atoms with Crippen molar-refractivity contribution in [3.8, 4) is 0 Å². The fraction of sp³-hybridized carbons (Fsp3) is 0.727. The van der Waals surface area contributed by atoms with Gasteiger partial charge in [-0.1, -0.05) is 171 Å². The zero-order valence-electron chi connectivity index (χ0n) is 32.1. The van der Waals surface area contributed by atoms with E-state index < -0.39 is 6.10 Å². The van der Waals surface area contributed by atoms with Gasteiger partial charge in [0.15, 0.2) is 6.10 Å². The van der Waals surface area contributed by atoms with E-state index >= 15 is 0 Å². The van der Waals surface area contributed by atoms with Gasteiger partial charge in [0.05, 0.1) is 18.8 Å². The predicted octanol–water partition coefficient (Wildman–Crippen LogP) is 11.8. The van der Waals surface area contributed by atoms with E-state index in [0.29, 0.717) is 25.0 Å². The summed E-state index contributed by atoms with van der Waals surface area (Å²) in [5, 5.41) is 9.56. The SMILES string of the molecule is CC/C=C\CC1OC1C/C=C\C/C=C\C/C=C\C/C=C\CCC(=O)OC[C@H](CO)OC(=O)CCCCCCCCCCCCCCCCCC. The minimum absolute atomic E-state index is 0.109. The Bertz CT molecular complexity index is 948. The lowest BCUT2D eigenvalue weighted by molar-refractivity contribution is -0.161. The van der Waals surface area contributed by atoms with E-state index in [1.807, 2.05) is 12.2 Å². The third-order valence-electron chi connectivity index (χ3n) is 8.99. The van der Waals surface area contributed by atoms with Crippen LogP contribution in [-0.2, 0) is 23.8 Å². The van der Waals surface area contributed by atoms with Gasteiger partial charge >= 0.3 is 11.9 Å². The van der Waals surface area contributed by atoms with Crippen molar-refractivity contribution in [1.29, 1.82) is 0 Å². The highest BCUT2D eigenvalue weighted by Crippen LogP contribution is 2.29. The topological polar surface area (TPSA) is 85.4 Å². The first kappa shape index (κ1) is 45.6. The first-order chi connectivity index (χ1) is 24.6. The van der Waals surface area contributed by atoms with Gasteiger partial charge in [-0.25, -0.2) is 0 Å². The lowest BCUT2D eigenvalue weighted by Gasteiger charge is -2.15. The number of hydrogen-bond acceptors (Lipinski definition) is 6. The van der Waals surface area contributed by atoms with Crippen molar-refractivity contribution in [1.82, 2.24) is 0 Å². The molecule has 0 amide bonds. The average molecular weight is 699 g/mol. The van der Waals surface area contributed by atoms with E-state index in [4.69, 9.17) is 14.2 Å². The van der Waals surface area contributed by atoms with Crippen molar-refractivity contribution >= 4 is 11.9 Å². The van der Waals surface area contributed by atoms with Gasteiger partial charge in [0, 0.05) is 12.8 Å². The summed E-state index contributed by atoms with van der Waals surface area (Å²) in [5.74, 6) is -0.692. The molecule has 2 unspecified atom stereocenters. The number of esters is 2. The Morgan fingerprint density at radius 1 is 0.580 bits per heavy atom. The van der Waals surface area contributed by atoms with Gasteiger partial charge in [-0.15, -0.1) is 0 Å². The van der Waals surface area contributed by atoms with Crippen LogP contribution in [0.15, 0.2) is 60.8 Å². The third-order valence-corrected chi connectivity index (χ3v) is 8.99. The number of aliphatic hydroxyl groups excluding tert-OH is 1. The summed E-state index contributed by atoms with van der Waals surface area (Å²) in [6.45, 7) is 3.95. The summed E-state index contributed by atoms with van der Waals surface area (Å²) in [7, 11) is 0. The van der Waals surface area contributed by atoms with Crippen LogP contribution in [0.3, 0.4) is 0 Å². The minimum atomic E-state index is -0.804. The Morgan fingerprint density at radius 2 is 1.04 bits per heavy atom. The summed E-state index contributed by atoms with van der Waals surface area (Å²) in [6, 6.07) is 0. The standard InChI is InChI=1S/C44H74O6/c1-3-5-7-8-9-10-11-12-13-14-15-20-23-26-29-33-37-44(47)49-40(38-45)39-48-43(46)36-32-28-25-22-19-17-16-18-21-24-27-31-35-42-41(50-42)34-30-6-4-2/h6,17-19,21,25,27-28,30-31,40-42,45H,3-5,7-16,20,22-24,26,29,32-39H2,1-2H3/b19-17-,21-18-,28-25-,30-6-,31-27-/t40-,41?,42?/m0/s1. The molecule has 0 aliphatic carbocycles. The summed E-state index contributed by atoms with van der Waals surface area (Å²) >= 11 is 0. The lowest BCUT2D eigenvalue weighted by Crippen LogP contribution is -2.28. The number of epoxide rings is 1. The number of rotatable bonds is 35. The van der Waals surface area contributed by atoms with Gasteiger partial charge in [0.1, 0.15) is 6.61 Å². The molecule has 6 nitrogen and oxygen atoms in total. The van der Waals surface area contributed by atoms with Crippen LogP contribution >= 0.6 is 0 Å². The second-order valence-electron chi connectivity index (χ2n) is 13.7. The average Bonchev–Trinajstić information content (AvgIpc) is 3.87. The Morgan fingerprint density at radius 3 is 1.54 bits per heavy atom. The van der Waals surface area contributed by atoms with Crippen LogP contribution in [0.5, 0.6) is 0 Å². The van der Waals surface area contributed by atoms with Gasteiger partial charge in [0.25, 0.3) is 0 Å². The van der Waals surface area contributed by atoms with Crippen LogP contribution in [0.2, 0.25) is 0 Å². The predicted molar refractivity (Wildman–Crippen MR) is 209 cm³/mol. The molecule has 0 saturated carbocycles. The molecule has 1 N–H and O–H groups in total. The van der Waals surface area contributed by atoms with Crippen molar-refractivity contribution in [3.63, 3.8) is 0 Å². The van der Waals surface area contributed by atoms with Crippen LogP contribution in [0.25, 0.3) is 0 Å². The molecule has 0 aromatic heterocycles. The summed E-state index contributed by atoms with van der Waals surface area (Å²) in [4.78, 5) is 24.3. The van der Waals surface area contributed by atoms with Crippen LogP contribution in [0.4, 0.5) is 0 Å². The van der Waals surface area contributed by atoms with Crippen LogP contribution in [-0.4, -0.2) is 48.6 Å². The smallest absolute Gasteiger partial charge is 0.306 e. The molecule has 1 aliphatic heterocycles. The second-order valence-corrected chi connectivity index (χ2v) is 13.7. The molecule has 0 bridgehead atoms. The largest absolute Gasteiger partial charge is 0.462 e. The molecule has 1 aliphatic rings. The molecule has 0 radical (unpaired) electrons. The number of unbranched alkanes of at least 4 members (excludes halogenated alkanes) is 15. The molecule has 50 heavy (non-hydrogen) atoms. The molecular formula is C44H74O6. The number of carbonyl (C=O) groups excluding carboxylic acids is 2. The van der Waals surface area contributed by atoms with Crippen molar-refractivity contribution < 1.29 is 28.9 Å². The molecule has 1 rings (SSSR count). The molecule has 0 spiro atoms. The first-order valence-corrected chi connectivity index (χ1v) is 20.5. The van der Waals surface area contributed by atoms with Crippen LogP contribution < -0.4 is 0 Å². The monoisotopic (exact) mass is 699 g/mol. The van der Waals surface area contributed by atoms with Gasteiger partial charge in [-0.05, 0) is 51.4 Å². The highest BCUT2D eigenvalue weighted by atomic mass is 16.6. The second kappa shape index (κ2) is 35.0. The quantitative estimate of drug-likeness (QED) is 0.0307. The molecule has 1 saturated heterocycles. The maximum Gasteiger partial charge on any atom is 0.306 e. The number of allylic oxidation sites excluding steroid dienone is 8. The number of ether oxygens (including phenoxy) is 3. The zero-order valence-corrected chi connectivity index (χ0v) is 32.1. The van der Waals surface area contributed by atoms with E-state index in [1.54, 1.807) is 0 Å². The number of carbonyl (C=O) groups is 2. The van der Waals surface area contributed by atoms with E-state index in [-0.39, 0.29) is 31.6 Å². The van der Waals surface area contributed by atoms with Crippen LogP contribution in [0, 0.1) is 0 Å². The Hall–Kier alpha value is -2.44. The molecule has 0 aromatic carbocycles. The summed E-state index contributed by atoms with van der Waals surface area (Å²) in [5.41, 5.74) is 0. The van der Waals surface area contributed by atoms with Gasteiger partial charge in [-0.2, -0.15) is 0 Å². The van der Waals surface area contributed by atoms with Crippen molar-refractivity contribution in [2.24, 2.45) is 0 Å². The highest BCUT2D eigenvalue weighted by Gasteiger charge is 2.35. The Balaban J connectivity index is 1.92. The first-order valence-electron chi connectivity index (χ1n) is 20.5. The summed E-state index contributed by atoms with van der Waals surface area (Å²) in [6.07, 6.45) is 49.0. The van der Waals surface area contributed by atoms with Gasteiger partial charge in [0.2, 0.25) is 0 Å². The Kier molecular flexibility index (Phi) is 31.9. The van der Waals surface area contributed by atoms with E-state index in [0.717, 1.165) is 57.8 Å². The fourth-order valence-corrected chi connectivity index (χ4v) is 5.80. The molecule has 6 heteroatoms. The Labute approximate surface area is 306 Å². The minimum Gasteiger partial charge on any atom is -0.462 e. The number of hydrogen-bond donors (Lipinski definition) is 1. The maximum atomic E-state index is 12.2. The fourth-order valence-electron chi connectivity index (χ4n) is 5.80. The molecule has 0 aromatic rings. The van der Waals surface area contributed by atoms with E-state index in [2.05, 4.69) is 62.5 Å². The van der Waals surface area contributed by atoms with Crippen molar-refractivity contribution in [2.75, 3.05) is 13.2 Å². The normalized spacial score (nSPS) is 16.9. The maximum absolute atomic E-state index is 12.2. The van der Waals surface area contributed by atoms with Gasteiger partial charge < -0.3 is 19.3 Å². The number of aliphatic hydroxyl groups is 1. The van der Waals surface area contributed by atoms with Crippen molar-refractivity contribution in [3.05, 3.63) is 60.8 Å².